The molecular formula is C18H17F3N4O2. The van der Waals surface area contributed by atoms with E-state index >= 15 is 0 Å². The van der Waals surface area contributed by atoms with Crippen molar-refractivity contribution >= 4 is 23.3 Å². The van der Waals surface area contributed by atoms with E-state index in [4.69, 9.17) is 5.73 Å². The number of benzene rings is 1. The number of nitrogens with two attached hydrogens (primary N) is 1. The van der Waals surface area contributed by atoms with E-state index in [9.17, 15) is 22.8 Å². The number of rotatable bonds is 4. The maximum Gasteiger partial charge on any atom is 0.416 e. The number of amides is 2. The Hall–Kier alpha value is -3.10. The van der Waals surface area contributed by atoms with Crippen LogP contribution in [0.5, 0.6) is 0 Å². The smallest absolute Gasteiger partial charge is 0.384 e. The molecule has 1 saturated heterocycles. The predicted octanol–water partition coefficient (Wildman–Crippen LogP) is 2.67. The molecule has 1 fully saturated rings. The molecule has 1 aliphatic rings. The standard InChI is InChI=1S/C18H17F3N4O2/c19-18(20,21)13-3-1-2-11(6-13)9-25-10-12(7-16(25)26)17(27)24-14-4-5-15(22)23-8-14/h1-6,8,12H,7,9-10H2,(H2,22,23)(H,24,27). The van der Waals surface area contributed by atoms with Gasteiger partial charge in [-0.25, -0.2) is 4.98 Å². The van der Waals surface area contributed by atoms with Crippen LogP contribution in [0.4, 0.5) is 24.7 Å². The maximum absolute atomic E-state index is 12.8. The van der Waals surface area contributed by atoms with Crippen molar-refractivity contribution < 1.29 is 22.8 Å². The molecule has 0 bridgehead atoms. The lowest BCUT2D eigenvalue weighted by molar-refractivity contribution is -0.137. The second-order valence-corrected chi connectivity index (χ2v) is 6.33. The van der Waals surface area contributed by atoms with Crippen molar-refractivity contribution in [1.29, 1.82) is 0 Å². The van der Waals surface area contributed by atoms with Crippen LogP contribution in [-0.4, -0.2) is 28.2 Å². The molecule has 0 radical (unpaired) electrons. The third-order valence-electron chi connectivity index (χ3n) is 4.27. The first-order valence-corrected chi connectivity index (χ1v) is 8.18. The molecule has 3 rings (SSSR count). The number of halogens is 3. The third kappa shape index (κ3) is 4.55. The van der Waals surface area contributed by atoms with Gasteiger partial charge in [0.15, 0.2) is 0 Å². The van der Waals surface area contributed by atoms with Crippen LogP contribution in [0.1, 0.15) is 17.5 Å². The summed E-state index contributed by atoms with van der Waals surface area (Å²) in [4.78, 5) is 29.8. The Morgan fingerprint density at radius 1 is 1.30 bits per heavy atom. The van der Waals surface area contributed by atoms with E-state index in [1.54, 1.807) is 6.07 Å². The number of likely N-dealkylation sites (tertiary alicyclic amines) is 1. The van der Waals surface area contributed by atoms with E-state index in [1.807, 2.05) is 0 Å². The normalized spacial score (nSPS) is 17.2. The van der Waals surface area contributed by atoms with Gasteiger partial charge < -0.3 is 16.0 Å². The van der Waals surface area contributed by atoms with Gasteiger partial charge >= 0.3 is 6.18 Å². The molecular weight excluding hydrogens is 361 g/mol. The predicted molar refractivity (Wildman–Crippen MR) is 92.2 cm³/mol. The number of anilines is 2. The van der Waals surface area contributed by atoms with Crippen LogP contribution in [-0.2, 0) is 22.3 Å². The molecule has 0 spiro atoms. The number of pyridine rings is 1. The topological polar surface area (TPSA) is 88.3 Å². The van der Waals surface area contributed by atoms with Crippen LogP contribution in [0.3, 0.4) is 0 Å². The van der Waals surface area contributed by atoms with E-state index in [0.717, 1.165) is 12.1 Å². The molecule has 0 saturated carbocycles. The van der Waals surface area contributed by atoms with Gasteiger partial charge in [-0.15, -0.1) is 0 Å². The fraction of sp³-hybridized carbons (Fsp3) is 0.278. The number of aromatic nitrogens is 1. The summed E-state index contributed by atoms with van der Waals surface area (Å²) in [5.41, 5.74) is 5.53. The molecule has 1 unspecified atom stereocenters. The third-order valence-corrected chi connectivity index (χ3v) is 4.27. The number of carbonyl (C=O) groups excluding carboxylic acids is 2. The van der Waals surface area contributed by atoms with Gasteiger partial charge in [-0.2, -0.15) is 13.2 Å². The molecule has 1 aromatic carbocycles. The lowest BCUT2D eigenvalue weighted by Gasteiger charge is -2.17. The van der Waals surface area contributed by atoms with Crippen molar-refractivity contribution in [3.05, 3.63) is 53.7 Å². The molecule has 1 aliphatic heterocycles. The van der Waals surface area contributed by atoms with Gasteiger partial charge in [0.25, 0.3) is 0 Å². The number of alkyl halides is 3. The largest absolute Gasteiger partial charge is 0.416 e. The van der Waals surface area contributed by atoms with Crippen molar-refractivity contribution in [3.63, 3.8) is 0 Å². The fourth-order valence-corrected chi connectivity index (χ4v) is 2.89. The highest BCUT2D eigenvalue weighted by Crippen LogP contribution is 2.30. The van der Waals surface area contributed by atoms with Gasteiger partial charge in [0.1, 0.15) is 5.82 Å². The Labute approximate surface area is 153 Å². The Bertz CT molecular complexity index is 852. The van der Waals surface area contributed by atoms with Gasteiger partial charge in [-0.3, -0.25) is 9.59 Å². The fourth-order valence-electron chi connectivity index (χ4n) is 2.89. The molecule has 142 valence electrons. The average Bonchev–Trinajstić information content (AvgIpc) is 2.97. The Morgan fingerprint density at radius 2 is 2.07 bits per heavy atom. The van der Waals surface area contributed by atoms with E-state index in [1.165, 1.54) is 29.3 Å². The van der Waals surface area contributed by atoms with Gasteiger partial charge in [0, 0.05) is 19.5 Å². The zero-order valence-corrected chi connectivity index (χ0v) is 14.2. The second-order valence-electron chi connectivity index (χ2n) is 6.33. The zero-order valence-electron chi connectivity index (χ0n) is 14.2. The van der Waals surface area contributed by atoms with E-state index < -0.39 is 17.7 Å². The molecule has 1 aromatic heterocycles. The number of carbonyl (C=O) groups is 2. The first-order chi connectivity index (χ1) is 12.7. The summed E-state index contributed by atoms with van der Waals surface area (Å²) in [5, 5.41) is 2.66. The van der Waals surface area contributed by atoms with Gasteiger partial charge in [-0.05, 0) is 29.8 Å². The minimum atomic E-state index is -4.44. The second kappa shape index (κ2) is 7.26. The van der Waals surface area contributed by atoms with Crippen LogP contribution >= 0.6 is 0 Å². The minimum absolute atomic E-state index is 0.00714. The average molecular weight is 378 g/mol. The molecule has 9 heteroatoms. The Balaban J connectivity index is 1.63. The highest BCUT2D eigenvalue weighted by atomic mass is 19.4. The summed E-state index contributed by atoms with van der Waals surface area (Å²) in [6.45, 7) is 0.166. The molecule has 2 amide bonds. The van der Waals surface area contributed by atoms with Gasteiger partial charge in [0.05, 0.1) is 23.4 Å². The van der Waals surface area contributed by atoms with Crippen LogP contribution in [0.15, 0.2) is 42.6 Å². The molecule has 27 heavy (non-hydrogen) atoms. The van der Waals surface area contributed by atoms with E-state index in [0.29, 0.717) is 17.1 Å². The van der Waals surface area contributed by atoms with Crippen LogP contribution in [0.25, 0.3) is 0 Å². The molecule has 0 aliphatic carbocycles. The molecule has 1 atom stereocenters. The molecule has 2 aromatic rings. The number of nitrogens with one attached hydrogen (secondary N) is 1. The van der Waals surface area contributed by atoms with Gasteiger partial charge in [0.2, 0.25) is 11.8 Å². The van der Waals surface area contributed by atoms with Crippen LogP contribution in [0, 0.1) is 5.92 Å². The maximum atomic E-state index is 12.8. The summed E-state index contributed by atoms with van der Waals surface area (Å²) in [7, 11) is 0. The monoisotopic (exact) mass is 378 g/mol. The summed E-state index contributed by atoms with van der Waals surface area (Å²) < 4.78 is 38.4. The lowest BCUT2D eigenvalue weighted by Crippen LogP contribution is -2.28. The van der Waals surface area contributed by atoms with E-state index in [2.05, 4.69) is 10.3 Å². The van der Waals surface area contributed by atoms with Crippen molar-refractivity contribution in [2.75, 3.05) is 17.6 Å². The van der Waals surface area contributed by atoms with Crippen molar-refractivity contribution in [1.82, 2.24) is 9.88 Å². The van der Waals surface area contributed by atoms with Crippen molar-refractivity contribution in [3.8, 4) is 0 Å². The molecule has 6 nitrogen and oxygen atoms in total. The lowest BCUT2D eigenvalue weighted by atomic mass is 10.1. The van der Waals surface area contributed by atoms with Crippen LogP contribution in [0.2, 0.25) is 0 Å². The first kappa shape index (κ1) is 18.7. The zero-order chi connectivity index (χ0) is 19.6. The SMILES string of the molecule is Nc1ccc(NC(=O)C2CC(=O)N(Cc3cccc(C(F)(F)F)c3)C2)cn1. The minimum Gasteiger partial charge on any atom is -0.384 e. The number of hydrogen-bond donors (Lipinski definition) is 2. The Kier molecular flexibility index (Phi) is 5.02. The summed E-state index contributed by atoms with van der Waals surface area (Å²) >= 11 is 0. The number of nitrogen functional groups attached to an aromatic ring is 1. The first-order valence-electron chi connectivity index (χ1n) is 8.18. The quantitative estimate of drug-likeness (QED) is 0.856. The summed E-state index contributed by atoms with van der Waals surface area (Å²) in [6.07, 6.45) is -3.03. The Morgan fingerprint density at radius 3 is 2.74 bits per heavy atom. The molecule has 2 heterocycles. The molecule has 3 N–H and O–H groups in total. The number of nitrogens with zero attached hydrogens (tertiary/aromatic N) is 2. The highest BCUT2D eigenvalue weighted by Gasteiger charge is 2.35. The van der Waals surface area contributed by atoms with Crippen molar-refractivity contribution in [2.24, 2.45) is 5.92 Å². The van der Waals surface area contributed by atoms with Gasteiger partial charge in [-0.1, -0.05) is 12.1 Å². The number of hydrogen-bond acceptors (Lipinski definition) is 4. The summed E-state index contributed by atoms with van der Waals surface area (Å²) in [6, 6.07) is 7.95. The summed E-state index contributed by atoms with van der Waals surface area (Å²) in [5.74, 6) is -0.887. The van der Waals surface area contributed by atoms with E-state index in [-0.39, 0.29) is 31.3 Å². The van der Waals surface area contributed by atoms with Crippen LogP contribution < -0.4 is 11.1 Å². The highest BCUT2D eigenvalue weighted by molar-refractivity contribution is 5.97. The van der Waals surface area contributed by atoms with Crippen molar-refractivity contribution in [2.45, 2.75) is 19.1 Å².